The van der Waals surface area contributed by atoms with Crippen molar-refractivity contribution in [2.75, 3.05) is 9.80 Å². The van der Waals surface area contributed by atoms with Crippen LogP contribution in [0.25, 0.3) is 11.1 Å². The Morgan fingerprint density at radius 2 is 1.44 bits per heavy atom. The second-order valence-electron chi connectivity index (χ2n) is 12.3. The third-order valence-electron chi connectivity index (χ3n) is 9.46. The van der Waals surface area contributed by atoms with Crippen LogP contribution < -0.4 is 9.80 Å². The maximum atomic E-state index is 5.08. The molecule has 0 bridgehead atoms. The topological polar surface area (TPSA) is 19.4 Å². The van der Waals surface area contributed by atoms with E-state index >= 15 is 0 Å². The van der Waals surface area contributed by atoms with Gasteiger partial charge in [0, 0.05) is 22.9 Å². The second-order valence-corrected chi connectivity index (χ2v) is 12.3. The minimum atomic E-state index is 0.0511. The van der Waals surface area contributed by atoms with Crippen LogP contribution in [0.1, 0.15) is 77.8 Å². The number of para-hydroxylation sites is 1. The molecule has 0 radical (unpaired) electrons. The van der Waals surface area contributed by atoms with E-state index in [1.807, 2.05) is 6.20 Å². The van der Waals surface area contributed by atoms with Gasteiger partial charge >= 0.3 is 0 Å². The summed E-state index contributed by atoms with van der Waals surface area (Å²) in [5.41, 5.74) is 9.25. The Bertz CT molecular complexity index is 1480. The first-order chi connectivity index (χ1) is 18.9. The highest BCUT2D eigenvalue weighted by Crippen LogP contribution is 2.63. The Labute approximate surface area is 234 Å². The maximum absolute atomic E-state index is 5.08. The van der Waals surface area contributed by atoms with Gasteiger partial charge in [0.2, 0.25) is 0 Å². The first-order valence-corrected chi connectivity index (χ1v) is 14.7. The van der Waals surface area contributed by atoms with Crippen molar-refractivity contribution >= 4 is 22.9 Å². The van der Waals surface area contributed by atoms with E-state index in [4.69, 9.17) is 4.98 Å². The maximum Gasteiger partial charge on any atom is 0.158 e. The fraction of sp³-hybridized carbons (Fsp3) is 0.361. The van der Waals surface area contributed by atoms with E-state index in [2.05, 4.69) is 136 Å². The van der Waals surface area contributed by atoms with Gasteiger partial charge in [0.05, 0.1) is 11.4 Å². The van der Waals surface area contributed by atoms with Gasteiger partial charge in [0.25, 0.3) is 0 Å². The fourth-order valence-corrected chi connectivity index (χ4v) is 7.43. The van der Waals surface area contributed by atoms with Crippen LogP contribution in [0, 0.1) is 5.41 Å². The Kier molecular flexibility index (Phi) is 6.29. The van der Waals surface area contributed by atoms with Crippen LogP contribution in [0.4, 0.5) is 22.9 Å². The number of pyridine rings is 1. The van der Waals surface area contributed by atoms with Gasteiger partial charge in [-0.25, -0.2) is 4.98 Å². The lowest BCUT2D eigenvalue weighted by Gasteiger charge is -2.55. The summed E-state index contributed by atoms with van der Waals surface area (Å²) in [5.74, 6) is 1.52. The highest BCUT2D eigenvalue weighted by molar-refractivity contribution is 5.93. The molecule has 0 amide bonds. The van der Waals surface area contributed by atoms with E-state index < -0.39 is 0 Å². The summed E-state index contributed by atoms with van der Waals surface area (Å²) in [5, 5.41) is 0. The molecule has 0 spiro atoms. The van der Waals surface area contributed by atoms with Crippen LogP contribution in [0.2, 0.25) is 0 Å². The van der Waals surface area contributed by atoms with Gasteiger partial charge in [0.15, 0.2) is 5.82 Å². The first-order valence-electron chi connectivity index (χ1n) is 14.7. The molecular formula is C36H41N3. The summed E-state index contributed by atoms with van der Waals surface area (Å²) >= 11 is 0. The summed E-state index contributed by atoms with van der Waals surface area (Å²) in [6.45, 7) is 14.1. The molecule has 6 rings (SSSR count). The van der Waals surface area contributed by atoms with Crippen LogP contribution in [0.5, 0.6) is 0 Å². The van der Waals surface area contributed by atoms with Gasteiger partial charge in [-0.05, 0) is 71.6 Å². The van der Waals surface area contributed by atoms with Crippen molar-refractivity contribution in [2.45, 2.75) is 78.3 Å². The zero-order chi connectivity index (χ0) is 27.4. The van der Waals surface area contributed by atoms with Crippen LogP contribution in [0.3, 0.4) is 0 Å². The molecule has 4 aromatic rings. The summed E-state index contributed by atoms with van der Waals surface area (Å²) < 4.78 is 0. The van der Waals surface area contributed by atoms with Crippen molar-refractivity contribution in [1.82, 2.24) is 4.98 Å². The number of benzene rings is 3. The number of hydrogen-bond donors (Lipinski definition) is 0. The number of rotatable bonds is 5. The van der Waals surface area contributed by atoms with E-state index in [9.17, 15) is 0 Å². The minimum Gasteiger partial charge on any atom is -0.316 e. The van der Waals surface area contributed by atoms with Gasteiger partial charge in [-0.3, -0.25) is 0 Å². The van der Waals surface area contributed by atoms with Crippen LogP contribution in [-0.4, -0.2) is 11.1 Å². The fourth-order valence-electron chi connectivity index (χ4n) is 7.43. The largest absolute Gasteiger partial charge is 0.316 e. The minimum absolute atomic E-state index is 0.0511. The molecule has 0 N–H and O–H groups in total. The Morgan fingerprint density at radius 3 is 2.13 bits per heavy atom. The van der Waals surface area contributed by atoms with Gasteiger partial charge < -0.3 is 9.80 Å². The molecule has 3 aromatic carbocycles. The summed E-state index contributed by atoms with van der Waals surface area (Å²) in [6, 6.07) is 31.4. The standard InChI is InChI=1S/C36H41N3/c1-7-29-28-22-21-26(35(4,5)6)24-32(28)39-33-31(20-15-23-37-33)38(34(39)36(29,8-2)9-3)30-19-14-13-18-27(30)25-16-11-10-12-17-25/h10-24,29,34H,7-9H2,1-6H3. The zero-order valence-electron chi connectivity index (χ0n) is 24.3. The molecule has 0 aliphatic carbocycles. The number of hydrogen-bond acceptors (Lipinski definition) is 3. The molecule has 3 heterocycles. The predicted octanol–water partition coefficient (Wildman–Crippen LogP) is 9.98. The van der Waals surface area contributed by atoms with E-state index in [1.165, 1.54) is 39.3 Å². The van der Waals surface area contributed by atoms with Gasteiger partial charge in [-0.15, -0.1) is 0 Å². The molecule has 0 saturated heterocycles. The third-order valence-corrected chi connectivity index (χ3v) is 9.46. The molecule has 2 aliphatic heterocycles. The molecule has 2 aliphatic rings. The van der Waals surface area contributed by atoms with E-state index in [1.54, 1.807) is 0 Å². The van der Waals surface area contributed by atoms with E-state index in [0.29, 0.717) is 5.92 Å². The smallest absolute Gasteiger partial charge is 0.158 e. The SMILES string of the molecule is CCC1c2ccc(C(C)(C)C)cc2N2c3ncccc3N(c3ccccc3-c3ccccc3)C2C1(CC)CC. The zero-order valence-corrected chi connectivity index (χ0v) is 24.3. The van der Waals surface area contributed by atoms with Crippen molar-refractivity contribution in [3.8, 4) is 11.1 Å². The van der Waals surface area contributed by atoms with Crippen molar-refractivity contribution in [2.24, 2.45) is 5.41 Å². The molecule has 2 unspecified atom stereocenters. The Balaban J connectivity index is 1.67. The van der Waals surface area contributed by atoms with Crippen LogP contribution in [-0.2, 0) is 5.41 Å². The van der Waals surface area contributed by atoms with Crippen LogP contribution >= 0.6 is 0 Å². The molecule has 39 heavy (non-hydrogen) atoms. The van der Waals surface area contributed by atoms with Crippen molar-refractivity contribution in [3.05, 3.63) is 102 Å². The summed E-state index contributed by atoms with van der Waals surface area (Å²) in [4.78, 5) is 10.3. The van der Waals surface area contributed by atoms with Crippen LogP contribution in [0.15, 0.2) is 91.1 Å². The summed E-state index contributed by atoms with van der Waals surface area (Å²) in [7, 11) is 0. The summed E-state index contributed by atoms with van der Waals surface area (Å²) in [6.07, 6.45) is 5.41. The quantitative estimate of drug-likeness (QED) is 0.264. The number of nitrogens with zero attached hydrogens (tertiary/aromatic N) is 3. The lowest BCUT2D eigenvalue weighted by molar-refractivity contribution is 0.143. The molecule has 3 nitrogen and oxygen atoms in total. The van der Waals surface area contributed by atoms with Gasteiger partial charge in [-0.1, -0.05) is 102 Å². The lowest BCUT2D eigenvalue weighted by Crippen LogP contribution is -2.57. The van der Waals surface area contributed by atoms with E-state index in [-0.39, 0.29) is 17.0 Å². The predicted molar refractivity (Wildman–Crippen MR) is 165 cm³/mol. The number of fused-ring (bicyclic) bond motifs is 5. The normalized spacial score (nSPS) is 19.4. The Hall–Kier alpha value is -3.59. The molecular weight excluding hydrogens is 474 g/mol. The highest BCUT2D eigenvalue weighted by atomic mass is 15.5. The second kappa shape index (κ2) is 9.55. The van der Waals surface area contributed by atoms with Crippen molar-refractivity contribution in [1.29, 1.82) is 0 Å². The van der Waals surface area contributed by atoms with Gasteiger partial charge in [-0.2, -0.15) is 0 Å². The number of aromatic nitrogens is 1. The Morgan fingerprint density at radius 1 is 0.744 bits per heavy atom. The van der Waals surface area contributed by atoms with Crippen molar-refractivity contribution < 1.29 is 0 Å². The molecule has 200 valence electrons. The molecule has 0 fully saturated rings. The molecule has 1 aromatic heterocycles. The van der Waals surface area contributed by atoms with Crippen molar-refractivity contribution in [3.63, 3.8) is 0 Å². The highest BCUT2D eigenvalue weighted by Gasteiger charge is 2.57. The molecule has 3 heteroatoms. The molecule has 0 saturated carbocycles. The molecule has 2 atom stereocenters. The van der Waals surface area contributed by atoms with E-state index in [0.717, 1.165) is 25.1 Å². The average Bonchev–Trinajstić information content (AvgIpc) is 3.32. The lowest BCUT2D eigenvalue weighted by atomic mass is 9.62. The number of anilines is 4. The van der Waals surface area contributed by atoms with Gasteiger partial charge in [0.1, 0.15) is 6.17 Å². The third kappa shape index (κ3) is 3.81. The first kappa shape index (κ1) is 25.7. The monoisotopic (exact) mass is 515 g/mol. The average molecular weight is 516 g/mol.